The summed E-state index contributed by atoms with van der Waals surface area (Å²) in [4.78, 5) is 0. The van der Waals surface area contributed by atoms with Gasteiger partial charge in [0.15, 0.2) is 0 Å². The summed E-state index contributed by atoms with van der Waals surface area (Å²) in [7, 11) is 0. The Labute approximate surface area is 137 Å². The van der Waals surface area contributed by atoms with Crippen molar-refractivity contribution in [2.75, 3.05) is 0 Å². The normalized spacial score (nSPS) is 11.9. The molecule has 0 aromatic heterocycles. The summed E-state index contributed by atoms with van der Waals surface area (Å²) >= 11 is 0. The molecule has 0 heterocycles. The quantitative estimate of drug-likeness (QED) is 0.625. The van der Waals surface area contributed by atoms with Crippen molar-refractivity contribution >= 4 is 11.1 Å². The lowest BCUT2D eigenvalue weighted by Gasteiger charge is -2.16. The van der Waals surface area contributed by atoms with Gasteiger partial charge in [-0.2, -0.15) is 0 Å². The third-order valence-electron chi connectivity index (χ3n) is 3.94. The molecule has 0 bridgehead atoms. The molecule has 3 aromatic rings. The number of phenolic OH excluding ortho intramolecular Hbond substituents is 1. The molecule has 23 heavy (non-hydrogen) atoms. The maximum atomic E-state index is 9.60. The fourth-order valence-corrected chi connectivity index (χ4v) is 2.86. The first-order valence-electron chi connectivity index (χ1n) is 7.84. The smallest absolute Gasteiger partial charge is 0.115 e. The molecule has 0 spiro atoms. The second kappa shape index (κ2) is 6.97. The molecular formula is C22H19O. The number of phenols is 1. The van der Waals surface area contributed by atoms with Crippen molar-refractivity contribution in [1.29, 1.82) is 0 Å². The van der Waals surface area contributed by atoms with E-state index in [4.69, 9.17) is 0 Å². The molecule has 0 atom stereocenters. The molecule has 0 unspecified atom stereocenters. The molecular weight excluding hydrogens is 280 g/mol. The summed E-state index contributed by atoms with van der Waals surface area (Å²) in [6.07, 6.45) is 0.929. The molecule has 0 aliphatic carbocycles. The van der Waals surface area contributed by atoms with Gasteiger partial charge in [-0.05, 0) is 52.5 Å². The average molecular weight is 299 g/mol. The number of allylic oxidation sites excluding steroid dienone is 1. The van der Waals surface area contributed by atoms with Crippen LogP contribution in [0, 0.1) is 6.07 Å². The number of rotatable bonds is 4. The lowest BCUT2D eigenvalue weighted by molar-refractivity contribution is 0.475. The van der Waals surface area contributed by atoms with E-state index in [1.807, 2.05) is 30.3 Å². The topological polar surface area (TPSA) is 20.2 Å². The van der Waals surface area contributed by atoms with E-state index in [0.717, 1.165) is 17.5 Å². The highest BCUT2D eigenvalue weighted by molar-refractivity contribution is 5.98. The third kappa shape index (κ3) is 3.35. The average Bonchev–Trinajstić information content (AvgIpc) is 2.62. The van der Waals surface area contributed by atoms with E-state index in [1.54, 1.807) is 12.1 Å². The summed E-state index contributed by atoms with van der Waals surface area (Å²) in [6, 6.07) is 29.0. The minimum Gasteiger partial charge on any atom is -0.508 e. The standard InChI is InChI=1S/C22H19O/c1-2-21(17-9-5-3-6-10-17)22(18-11-7-4-8-12-18)19-13-15-20(23)16-14-19/h3,5-16,23H,2H2,1H3. The third-order valence-corrected chi connectivity index (χ3v) is 3.94. The zero-order chi connectivity index (χ0) is 16.1. The largest absolute Gasteiger partial charge is 0.508 e. The molecule has 1 nitrogen and oxygen atoms in total. The first kappa shape index (κ1) is 15.1. The summed E-state index contributed by atoms with van der Waals surface area (Å²) in [6.45, 7) is 2.18. The molecule has 0 fully saturated rings. The van der Waals surface area contributed by atoms with Crippen LogP contribution in [0.3, 0.4) is 0 Å². The van der Waals surface area contributed by atoms with Gasteiger partial charge in [-0.1, -0.05) is 73.7 Å². The van der Waals surface area contributed by atoms with Crippen LogP contribution in [0.1, 0.15) is 30.0 Å². The zero-order valence-corrected chi connectivity index (χ0v) is 13.2. The molecule has 1 radical (unpaired) electrons. The summed E-state index contributed by atoms with van der Waals surface area (Å²) < 4.78 is 0. The predicted molar refractivity (Wildman–Crippen MR) is 96.0 cm³/mol. The molecule has 0 saturated heterocycles. The Balaban J connectivity index is 2.26. The van der Waals surface area contributed by atoms with E-state index in [0.29, 0.717) is 0 Å². The Morgan fingerprint density at radius 1 is 0.783 bits per heavy atom. The van der Waals surface area contributed by atoms with Crippen molar-refractivity contribution < 1.29 is 5.11 Å². The second-order valence-electron chi connectivity index (χ2n) is 5.41. The summed E-state index contributed by atoms with van der Waals surface area (Å²) in [5.74, 6) is 0.284. The Morgan fingerprint density at radius 2 is 1.39 bits per heavy atom. The van der Waals surface area contributed by atoms with E-state index < -0.39 is 0 Å². The monoisotopic (exact) mass is 299 g/mol. The molecule has 1 heteroatoms. The van der Waals surface area contributed by atoms with Crippen LogP contribution in [0.2, 0.25) is 0 Å². The maximum absolute atomic E-state index is 9.60. The fourth-order valence-electron chi connectivity index (χ4n) is 2.86. The Morgan fingerprint density at radius 3 is 2.00 bits per heavy atom. The Kier molecular flexibility index (Phi) is 4.58. The zero-order valence-electron chi connectivity index (χ0n) is 13.2. The lowest BCUT2D eigenvalue weighted by atomic mass is 9.88. The Hall–Kier alpha value is -2.80. The highest BCUT2D eigenvalue weighted by atomic mass is 16.3. The van der Waals surface area contributed by atoms with Gasteiger partial charge in [0.1, 0.15) is 5.75 Å². The van der Waals surface area contributed by atoms with E-state index in [9.17, 15) is 5.11 Å². The van der Waals surface area contributed by atoms with Crippen molar-refractivity contribution in [3.05, 3.63) is 102 Å². The molecule has 0 aliphatic heterocycles. The van der Waals surface area contributed by atoms with Gasteiger partial charge in [-0.15, -0.1) is 0 Å². The highest BCUT2D eigenvalue weighted by Gasteiger charge is 2.12. The minimum atomic E-state index is 0.284. The number of aromatic hydroxyl groups is 1. The van der Waals surface area contributed by atoms with Gasteiger partial charge in [0.2, 0.25) is 0 Å². The molecule has 3 rings (SSSR count). The molecule has 1 N–H and O–H groups in total. The lowest BCUT2D eigenvalue weighted by Crippen LogP contribution is -1.94. The number of hydrogen-bond donors (Lipinski definition) is 1. The predicted octanol–water partition coefficient (Wildman–Crippen LogP) is 5.56. The molecule has 113 valence electrons. The van der Waals surface area contributed by atoms with E-state index in [-0.39, 0.29) is 5.75 Å². The maximum Gasteiger partial charge on any atom is 0.115 e. The number of hydrogen-bond acceptors (Lipinski definition) is 1. The van der Waals surface area contributed by atoms with Crippen molar-refractivity contribution in [2.45, 2.75) is 13.3 Å². The Bertz CT molecular complexity index is 784. The SMILES string of the molecule is CCC(=C(c1cc[c]cc1)c1ccc(O)cc1)c1ccccc1. The van der Waals surface area contributed by atoms with Gasteiger partial charge in [0.25, 0.3) is 0 Å². The van der Waals surface area contributed by atoms with Crippen molar-refractivity contribution in [1.82, 2.24) is 0 Å². The molecule has 3 aromatic carbocycles. The minimum absolute atomic E-state index is 0.284. The number of benzene rings is 3. The van der Waals surface area contributed by atoms with Crippen molar-refractivity contribution in [3.63, 3.8) is 0 Å². The van der Waals surface area contributed by atoms with E-state index >= 15 is 0 Å². The van der Waals surface area contributed by atoms with Gasteiger partial charge in [0, 0.05) is 0 Å². The van der Waals surface area contributed by atoms with Gasteiger partial charge in [-0.25, -0.2) is 0 Å². The molecule has 0 amide bonds. The van der Waals surface area contributed by atoms with Crippen LogP contribution in [-0.4, -0.2) is 5.11 Å². The fraction of sp³-hybridized carbons (Fsp3) is 0.0909. The van der Waals surface area contributed by atoms with Gasteiger partial charge in [0.05, 0.1) is 0 Å². The van der Waals surface area contributed by atoms with E-state index in [1.165, 1.54) is 16.7 Å². The first-order chi connectivity index (χ1) is 11.3. The van der Waals surface area contributed by atoms with Gasteiger partial charge in [-0.3, -0.25) is 0 Å². The van der Waals surface area contributed by atoms with Crippen LogP contribution in [0.5, 0.6) is 5.75 Å². The van der Waals surface area contributed by atoms with Crippen LogP contribution in [-0.2, 0) is 0 Å². The van der Waals surface area contributed by atoms with Crippen LogP contribution in [0.15, 0.2) is 78.9 Å². The van der Waals surface area contributed by atoms with Crippen LogP contribution in [0.25, 0.3) is 11.1 Å². The van der Waals surface area contributed by atoms with Gasteiger partial charge < -0.3 is 5.11 Å². The van der Waals surface area contributed by atoms with E-state index in [2.05, 4.69) is 49.4 Å². The highest BCUT2D eigenvalue weighted by Crippen LogP contribution is 2.34. The van der Waals surface area contributed by atoms with Crippen LogP contribution < -0.4 is 0 Å². The first-order valence-corrected chi connectivity index (χ1v) is 7.84. The van der Waals surface area contributed by atoms with Gasteiger partial charge >= 0.3 is 0 Å². The van der Waals surface area contributed by atoms with Crippen LogP contribution >= 0.6 is 0 Å². The van der Waals surface area contributed by atoms with Crippen molar-refractivity contribution in [3.8, 4) is 5.75 Å². The summed E-state index contributed by atoms with van der Waals surface area (Å²) in [5.41, 5.74) is 5.99. The summed E-state index contributed by atoms with van der Waals surface area (Å²) in [5, 5.41) is 9.60. The molecule has 0 aliphatic rings. The second-order valence-corrected chi connectivity index (χ2v) is 5.41. The van der Waals surface area contributed by atoms with Crippen molar-refractivity contribution in [2.24, 2.45) is 0 Å². The van der Waals surface area contributed by atoms with Crippen LogP contribution in [0.4, 0.5) is 0 Å². The molecule has 0 saturated carbocycles.